The average Bonchev–Trinajstić information content (AvgIpc) is 3.43. The zero-order valence-electron chi connectivity index (χ0n) is 15.0. The molecule has 0 radical (unpaired) electrons. The van der Waals surface area contributed by atoms with E-state index < -0.39 is 0 Å². The average molecular weight is 351 g/mol. The summed E-state index contributed by atoms with van der Waals surface area (Å²) in [4.78, 5) is 22.0. The summed E-state index contributed by atoms with van der Waals surface area (Å²) in [5.74, 6) is 1.40. The number of ether oxygens (including phenoxy) is 1. The van der Waals surface area contributed by atoms with Crippen LogP contribution in [0.4, 0.5) is 0 Å². The summed E-state index contributed by atoms with van der Waals surface area (Å²) in [6.07, 6.45) is 4.64. The maximum Gasteiger partial charge on any atom is 0.255 e. The molecule has 5 nitrogen and oxygen atoms in total. The van der Waals surface area contributed by atoms with Crippen LogP contribution in [-0.4, -0.2) is 66.1 Å². The van der Waals surface area contributed by atoms with Crippen molar-refractivity contribution in [3.8, 4) is 0 Å². The van der Waals surface area contributed by atoms with E-state index in [0.717, 1.165) is 43.1 Å². The van der Waals surface area contributed by atoms with Gasteiger partial charge in [-0.2, -0.15) is 0 Å². The zero-order valence-corrected chi connectivity index (χ0v) is 15.0. The number of aromatic nitrogens is 1. The molecule has 2 saturated heterocycles. The maximum atomic E-state index is 13.0. The molecule has 3 fully saturated rings. The SMILES string of the molecule is O=C(c1cnc2ccccc2c1)N1C[C@H]2CN(CC3CC3)CCO[C@H]2C1. The Morgan fingerprint density at radius 1 is 1.19 bits per heavy atom. The normalized spacial score (nSPS) is 26.7. The summed E-state index contributed by atoms with van der Waals surface area (Å²) < 4.78 is 6.09. The number of benzene rings is 1. The fourth-order valence-corrected chi connectivity index (χ4v) is 4.33. The maximum absolute atomic E-state index is 13.0. The third-order valence-electron chi connectivity index (χ3n) is 5.95. The third-order valence-corrected chi connectivity index (χ3v) is 5.95. The minimum Gasteiger partial charge on any atom is -0.375 e. The molecule has 1 saturated carbocycles. The highest BCUT2D eigenvalue weighted by molar-refractivity contribution is 5.97. The van der Waals surface area contributed by atoms with Gasteiger partial charge in [-0.15, -0.1) is 0 Å². The van der Waals surface area contributed by atoms with Crippen LogP contribution in [0, 0.1) is 11.8 Å². The van der Waals surface area contributed by atoms with Gasteiger partial charge >= 0.3 is 0 Å². The van der Waals surface area contributed by atoms with E-state index in [9.17, 15) is 4.79 Å². The van der Waals surface area contributed by atoms with E-state index in [1.54, 1.807) is 6.20 Å². The molecule has 2 aromatic rings. The predicted octanol–water partition coefficient (Wildman–Crippen LogP) is 2.42. The van der Waals surface area contributed by atoms with Crippen LogP contribution < -0.4 is 0 Å². The minimum atomic E-state index is 0.0775. The molecular weight excluding hydrogens is 326 g/mol. The van der Waals surface area contributed by atoms with Crippen molar-refractivity contribution < 1.29 is 9.53 Å². The quantitative estimate of drug-likeness (QED) is 0.852. The van der Waals surface area contributed by atoms with E-state index in [2.05, 4.69) is 9.88 Å². The molecule has 1 aromatic carbocycles. The highest BCUT2D eigenvalue weighted by Gasteiger charge is 2.39. The van der Waals surface area contributed by atoms with Crippen molar-refractivity contribution in [2.24, 2.45) is 11.8 Å². The summed E-state index contributed by atoms with van der Waals surface area (Å²) >= 11 is 0. The van der Waals surface area contributed by atoms with Gasteiger partial charge in [0.1, 0.15) is 0 Å². The summed E-state index contributed by atoms with van der Waals surface area (Å²) in [5, 5.41) is 1.01. The van der Waals surface area contributed by atoms with E-state index in [4.69, 9.17) is 4.74 Å². The Morgan fingerprint density at radius 2 is 2.08 bits per heavy atom. The van der Waals surface area contributed by atoms with Crippen LogP contribution in [0.15, 0.2) is 36.5 Å². The molecule has 3 heterocycles. The molecule has 2 atom stereocenters. The molecule has 1 amide bonds. The first-order valence-corrected chi connectivity index (χ1v) is 9.74. The number of hydrogen-bond donors (Lipinski definition) is 0. The number of para-hydroxylation sites is 1. The second kappa shape index (κ2) is 6.63. The smallest absolute Gasteiger partial charge is 0.255 e. The van der Waals surface area contributed by atoms with Gasteiger partial charge in [-0.1, -0.05) is 18.2 Å². The molecule has 26 heavy (non-hydrogen) atoms. The van der Waals surface area contributed by atoms with Crippen LogP contribution in [0.5, 0.6) is 0 Å². The highest BCUT2D eigenvalue weighted by atomic mass is 16.5. The first-order chi connectivity index (χ1) is 12.8. The topological polar surface area (TPSA) is 45.7 Å². The fourth-order valence-electron chi connectivity index (χ4n) is 4.33. The second-order valence-corrected chi connectivity index (χ2v) is 8.00. The number of carbonyl (C=O) groups is 1. The lowest BCUT2D eigenvalue weighted by molar-refractivity contribution is 0.0484. The van der Waals surface area contributed by atoms with E-state index in [0.29, 0.717) is 18.0 Å². The predicted molar refractivity (Wildman–Crippen MR) is 100 cm³/mol. The highest BCUT2D eigenvalue weighted by Crippen LogP contribution is 2.32. The molecule has 0 unspecified atom stereocenters. The standard InChI is InChI=1S/C21H25N3O2/c25-21(17-9-16-3-1-2-4-19(16)22-10-17)24-13-18-12-23(11-15-5-6-15)7-8-26-20(18)14-24/h1-4,9-10,15,18,20H,5-8,11-14H2/t18-,20+/m1/s1. The fraction of sp³-hybridized carbons (Fsp3) is 0.524. The van der Waals surface area contributed by atoms with Crippen molar-refractivity contribution in [3.63, 3.8) is 0 Å². The Bertz CT molecular complexity index is 820. The van der Waals surface area contributed by atoms with Crippen molar-refractivity contribution in [1.82, 2.24) is 14.8 Å². The second-order valence-electron chi connectivity index (χ2n) is 8.00. The summed E-state index contributed by atoms with van der Waals surface area (Å²) in [5.41, 5.74) is 1.60. The molecule has 0 N–H and O–H groups in total. The van der Waals surface area contributed by atoms with Crippen molar-refractivity contribution in [2.75, 3.05) is 39.3 Å². The van der Waals surface area contributed by atoms with Gasteiger partial charge in [-0.25, -0.2) is 0 Å². The zero-order chi connectivity index (χ0) is 17.5. The van der Waals surface area contributed by atoms with Gasteiger partial charge in [-0.3, -0.25) is 9.78 Å². The first-order valence-electron chi connectivity index (χ1n) is 9.74. The monoisotopic (exact) mass is 351 g/mol. The molecule has 1 aliphatic carbocycles. The van der Waals surface area contributed by atoms with Gasteiger partial charge in [0, 0.05) is 50.2 Å². The number of rotatable bonds is 3. The molecule has 0 bridgehead atoms. The molecule has 3 aliphatic rings. The molecular formula is C21H25N3O2. The summed E-state index contributed by atoms with van der Waals surface area (Å²) in [6, 6.07) is 9.88. The Labute approximate surface area is 153 Å². The van der Waals surface area contributed by atoms with Crippen molar-refractivity contribution in [1.29, 1.82) is 0 Å². The van der Waals surface area contributed by atoms with Crippen LogP contribution in [0.3, 0.4) is 0 Å². The lowest BCUT2D eigenvalue weighted by atomic mass is 10.1. The number of nitrogens with zero attached hydrogens (tertiary/aromatic N) is 3. The van der Waals surface area contributed by atoms with Crippen LogP contribution in [0.1, 0.15) is 23.2 Å². The van der Waals surface area contributed by atoms with Gasteiger partial charge in [0.15, 0.2) is 0 Å². The van der Waals surface area contributed by atoms with Crippen LogP contribution in [-0.2, 0) is 4.74 Å². The van der Waals surface area contributed by atoms with Crippen molar-refractivity contribution >= 4 is 16.8 Å². The number of likely N-dealkylation sites (tertiary alicyclic amines) is 1. The lowest BCUT2D eigenvalue weighted by Gasteiger charge is -2.23. The third kappa shape index (κ3) is 3.21. The Kier molecular flexibility index (Phi) is 4.14. The van der Waals surface area contributed by atoms with E-state index in [-0.39, 0.29) is 12.0 Å². The first kappa shape index (κ1) is 16.2. The molecule has 5 heteroatoms. The Hall–Kier alpha value is -1.98. The van der Waals surface area contributed by atoms with Crippen molar-refractivity contribution in [3.05, 3.63) is 42.1 Å². The van der Waals surface area contributed by atoms with Crippen LogP contribution in [0.2, 0.25) is 0 Å². The Morgan fingerprint density at radius 3 is 2.96 bits per heavy atom. The number of pyridine rings is 1. The van der Waals surface area contributed by atoms with E-state index in [1.165, 1.54) is 19.4 Å². The molecule has 2 aliphatic heterocycles. The summed E-state index contributed by atoms with van der Waals surface area (Å²) in [7, 11) is 0. The van der Waals surface area contributed by atoms with Gasteiger partial charge in [0.2, 0.25) is 0 Å². The number of fused-ring (bicyclic) bond motifs is 2. The van der Waals surface area contributed by atoms with Gasteiger partial charge in [0.25, 0.3) is 5.91 Å². The Balaban J connectivity index is 1.30. The number of amides is 1. The molecule has 5 rings (SSSR count). The summed E-state index contributed by atoms with van der Waals surface area (Å²) in [6.45, 7) is 5.57. The van der Waals surface area contributed by atoms with E-state index in [1.807, 2.05) is 35.2 Å². The van der Waals surface area contributed by atoms with Gasteiger partial charge in [-0.05, 0) is 30.9 Å². The van der Waals surface area contributed by atoms with E-state index >= 15 is 0 Å². The molecule has 1 aromatic heterocycles. The van der Waals surface area contributed by atoms with Gasteiger partial charge in [0.05, 0.1) is 23.8 Å². The molecule has 0 spiro atoms. The number of carbonyl (C=O) groups excluding carboxylic acids is 1. The largest absolute Gasteiger partial charge is 0.375 e. The van der Waals surface area contributed by atoms with Crippen molar-refractivity contribution in [2.45, 2.75) is 18.9 Å². The van der Waals surface area contributed by atoms with Crippen LogP contribution in [0.25, 0.3) is 10.9 Å². The minimum absolute atomic E-state index is 0.0775. The van der Waals surface area contributed by atoms with Gasteiger partial charge < -0.3 is 14.5 Å². The molecule has 136 valence electrons. The lowest BCUT2D eigenvalue weighted by Crippen LogP contribution is -2.35. The number of hydrogen-bond acceptors (Lipinski definition) is 4. The van der Waals surface area contributed by atoms with Crippen LogP contribution >= 0.6 is 0 Å².